The lowest BCUT2D eigenvalue weighted by Crippen LogP contribution is -2.18. The Kier molecular flexibility index (Phi) is 19.6. The number of aliphatic hydroxyl groups is 4. The molecule has 27 heteroatoms. The molecule has 12 heterocycles. The Morgan fingerprint density at radius 1 is 0.472 bits per heavy atom. The monoisotopic (exact) mass is 1190 g/mol. The first kappa shape index (κ1) is 60.3. The van der Waals surface area contributed by atoms with Gasteiger partial charge in [-0.2, -0.15) is 20.4 Å². The molecule has 446 valence electrons. The second-order valence-corrected chi connectivity index (χ2v) is 19.4. The third-order valence-corrected chi connectivity index (χ3v) is 13.1. The van der Waals surface area contributed by atoms with E-state index in [0.717, 1.165) is 22.3 Å². The molecular weight excluding hydrogens is 1140 g/mol. The van der Waals surface area contributed by atoms with Crippen LogP contribution >= 0.6 is 0 Å². The Labute approximate surface area is 507 Å². The summed E-state index contributed by atoms with van der Waals surface area (Å²) in [6.07, 6.45) is 21.4. The van der Waals surface area contributed by atoms with Crippen LogP contribution in [0, 0.1) is 6.92 Å². The molecule has 0 radical (unpaired) electrons. The molecule has 0 aromatic carbocycles. The van der Waals surface area contributed by atoms with Crippen LogP contribution in [-0.2, 0) is 7.05 Å². The average molecular weight is 1190 g/mol. The Hall–Kier alpha value is -11.8. The summed E-state index contributed by atoms with van der Waals surface area (Å²) in [5.74, 6) is -1.22. The van der Waals surface area contributed by atoms with Gasteiger partial charge in [-0.1, -0.05) is 30.3 Å². The van der Waals surface area contributed by atoms with Gasteiger partial charge in [-0.15, -0.1) is 0 Å². The number of hydrogen-bond donors (Lipinski definition) is 8. The highest BCUT2D eigenvalue weighted by Gasteiger charge is 2.23. The molecular formula is C62H56N20O7. The lowest BCUT2D eigenvalue weighted by molar-refractivity contribution is 0.101. The first-order valence-corrected chi connectivity index (χ1v) is 27.4. The van der Waals surface area contributed by atoms with Crippen LogP contribution in [-0.4, -0.2) is 149 Å². The van der Waals surface area contributed by atoms with Crippen molar-refractivity contribution < 1.29 is 34.8 Å². The van der Waals surface area contributed by atoms with Crippen LogP contribution in [0.4, 0.5) is 17.1 Å². The van der Waals surface area contributed by atoms with Crippen LogP contribution in [0.25, 0.3) is 67.9 Å². The number of carbonyl (C=O) groups is 3. The summed E-state index contributed by atoms with van der Waals surface area (Å²) in [6.45, 7) is 0.725. The highest BCUT2D eigenvalue weighted by atomic mass is 16.3. The van der Waals surface area contributed by atoms with Gasteiger partial charge in [0.1, 0.15) is 28.5 Å². The second kappa shape index (κ2) is 28.9. The molecule has 0 aliphatic carbocycles. The number of H-pyrrole nitrogens is 1. The lowest BCUT2D eigenvalue weighted by atomic mass is 10.1. The van der Waals surface area contributed by atoms with Crippen molar-refractivity contribution >= 4 is 34.8 Å². The molecule has 0 spiro atoms. The van der Waals surface area contributed by atoms with Gasteiger partial charge in [-0.3, -0.25) is 58.4 Å². The molecule has 12 aromatic heterocycles. The molecule has 0 aliphatic rings. The predicted molar refractivity (Wildman–Crippen MR) is 327 cm³/mol. The molecule has 0 saturated heterocycles. The minimum Gasteiger partial charge on any atom is -0.394 e. The van der Waals surface area contributed by atoms with Crippen molar-refractivity contribution in [1.82, 2.24) is 84.4 Å². The third kappa shape index (κ3) is 15.0. The SMILES string of the molecule is Cc1cncc(-c2cccc(C(=O)Nc3cn(C(CO)CO)nc3-c3ccccn3)n2)c1.Cn1cc(NC(=O)c2nccc(-c3cn[nH]c3)n2)c(-c2ccccn2)n1.O=C(Nc1cn(C(CO)CO)nc1-c1ccccn1)c1cccc(-c2cccnc2)n1. The summed E-state index contributed by atoms with van der Waals surface area (Å²) < 4.78 is 4.45. The topological polar surface area (TPSA) is 366 Å². The largest absolute Gasteiger partial charge is 0.394 e. The van der Waals surface area contributed by atoms with Crippen LogP contribution < -0.4 is 16.0 Å². The molecule has 89 heavy (non-hydrogen) atoms. The van der Waals surface area contributed by atoms with Crippen LogP contribution in [0.1, 0.15) is 49.2 Å². The molecule has 0 fully saturated rings. The molecule has 8 N–H and O–H groups in total. The summed E-state index contributed by atoms with van der Waals surface area (Å²) in [4.78, 5) is 77.0. The number of aryl methyl sites for hydroxylation is 2. The van der Waals surface area contributed by atoms with E-state index in [1.165, 1.54) is 15.6 Å². The third-order valence-electron chi connectivity index (χ3n) is 13.1. The first-order valence-electron chi connectivity index (χ1n) is 27.4. The van der Waals surface area contributed by atoms with E-state index in [9.17, 15) is 34.8 Å². The molecule has 12 aromatic rings. The van der Waals surface area contributed by atoms with Crippen LogP contribution in [0.3, 0.4) is 0 Å². The summed E-state index contributed by atoms with van der Waals surface area (Å²) in [6, 6.07) is 32.6. The molecule has 27 nitrogen and oxygen atoms in total. The van der Waals surface area contributed by atoms with Gasteiger partial charge >= 0.3 is 0 Å². The number of aliphatic hydroxyl groups excluding tert-OH is 4. The van der Waals surface area contributed by atoms with E-state index >= 15 is 0 Å². The Balaban J connectivity index is 0.000000148. The first-order chi connectivity index (χ1) is 43.5. The van der Waals surface area contributed by atoms with E-state index in [-0.39, 0.29) is 43.6 Å². The standard InChI is InChI=1S/C23H22N6O3.C22H20N6O3.C17H14N8O/c1-15-9-16(11-24-10-15)18-6-4-7-20(26-18)23(32)27-21-12-29(17(13-30)14-31)28-22(21)19-5-2-3-8-25-19;29-13-16(14-30)28-12-20(21(27-28)18-6-1-2-10-24-18)26-22(31)19-8-3-7-17(25-19)15-5-4-9-23-11-15;1-25-10-14(15(24-25)13-4-2-3-6-18-13)23-17(26)16-19-7-5-12(22-16)11-8-20-21-9-11/h2-12,17,30-31H,13-14H2,1H3,(H,27,32);1-12,16,29-30H,13-14H2,(H,26,31);2-10H,1H3,(H,20,21)(H,23,26). The Morgan fingerprint density at radius 3 is 1.47 bits per heavy atom. The van der Waals surface area contributed by atoms with Crippen molar-refractivity contribution in [2.24, 2.45) is 7.05 Å². The maximum absolute atomic E-state index is 13.0. The lowest BCUT2D eigenvalue weighted by Gasteiger charge is -2.10. The minimum absolute atomic E-state index is 0.0551. The van der Waals surface area contributed by atoms with E-state index in [1.807, 2.05) is 49.4 Å². The van der Waals surface area contributed by atoms with E-state index in [0.29, 0.717) is 68.3 Å². The summed E-state index contributed by atoms with van der Waals surface area (Å²) >= 11 is 0. The molecule has 3 amide bonds. The van der Waals surface area contributed by atoms with Gasteiger partial charge < -0.3 is 36.4 Å². The number of nitrogens with zero attached hydrogens (tertiary/aromatic N) is 16. The number of nitrogens with one attached hydrogen (secondary N) is 4. The molecule has 0 bridgehead atoms. The fourth-order valence-corrected chi connectivity index (χ4v) is 8.67. The second-order valence-electron chi connectivity index (χ2n) is 19.4. The summed E-state index contributed by atoms with van der Waals surface area (Å²) in [5, 5.41) is 66.4. The van der Waals surface area contributed by atoms with Crippen molar-refractivity contribution in [3.05, 3.63) is 219 Å². The van der Waals surface area contributed by atoms with Crippen LogP contribution in [0.2, 0.25) is 0 Å². The number of hydrogen-bond acceptors (Lipinski definition) is 20. The fraction of sp³-hybridized carbons (Fsp3) is 0.129. The zero-order chi connectivity index (χ0) is 62.1. The van der Waals surface area contributed by atoms with Crippen molar-refractivity contribution in [1.29, 1.82) is 0 Å². The van der Waals surface area contributed by atoms with Crippen molar-refractivity contribution in [2.75, 3.05) is 42.4 Å². The van der Waals surface area contributed by atoms with Crippen molar-refractivity contribution in [2.45, 2.75) is 19.0 Å². The number of rotatable bonds is 18. The zero-order valence-corrected chi connectivity index (χ0v) is 47.6. The van der Waals surface area contributed by atoms with Gasteiger partial charge in [-0.25, -0.2) is 19.9 Å². The molecule has 0 unspecified atom stereocenters. The molecule has 0 saturated carbocycles. The van der Waals surface area contributed by atoms with E-state index < -0.39 is 29.8 Å². The number of amides is 3. The number of pyridine rings is 7. The Morgan fingerprint density at radius 2 is 0.978 bits per heavy atom. The molecule has 0 aliphatic heterocycles. The predicted octanol–water partition coefficient (Wildman–Crippen LogP) is 6.58. The van der Waals surface area contributed by atoms with E-state index in [1.54, 1.807) is 159 Å². The van der Waals surface area contributed by atoms with Gasteiger partial charge in [-0.05, 0) is 97.4 Å². The number of aromatic amines is 1. The number of aromatic nitrogens is 17. The van der Waals surface area contributed by atoms with Gasteiger partial charge in [0.2, 0.25) is 5.82 Å². The summed E-state index contributed by atoms with van der Waals surface area (Å²) in [7, 11) is 1.78. The highest BCUT2D eigenvalue weighted by molar-refractivity contribution is 6.06. The number of anilines is 3. The van der Waals surface area contributed by atoms with Gasteiger partial charge in [0.15, 0.2) is 0 Å². The van der Waals surface area contributed by atoms with E-state index in [2.05, 4.69) is 86.3 Å². The minimum atomic E-state index is -0.640. The normalized spacial score (nSPS) is 10.9. The highest BCUT2D eigenvalue weighted by Crippen LogP contribution is 2.30. The maximum Gasteiger partial charge on any atom is 0.293 e. The molecule has 0 atom stereocenters. The van der Waals surface area contributed by atoms with Crippen molar-refractivity contribution in [3.63, 3.8) is 0 Å². The molecule has 12 rings (SSSR count). The Bertz CT molecular complexity index is 4300. The summed E-state index contributed by atoms with van der Waals surface area (Å²) in [5.41, 5.74) is 10.2. The van der Waals surface area contributed by atoms with Gasteiger partial charge in [0.05, 0.1) is 95.9 Å². The maximum atomic E-state index is 13.0. The zero-order valence-electron chi connectivity index (χ0n) is 47.6. The number of carbonyl (C=O) groups excluding carboxylic acids is 3. The average Bonchev–Trinajstić information content (AvgIpc) is 2.11. The van der Waals surface area contributed by atoms with E-state index in [4.69, 9.17) is 0 Å². The van der Waals surface area contributed by atoms with Gasteiger partial charge in [0, 0.05) is 98.1 Å². The van der Waals surface area contributed by atoms with Crippen LogP contribution in [0.5, 0.6) is 0 Å². The van der Waals surface area contributed by atoms with Crippen LogP contribution in [0.15, 0.2) is 196 Å². The van der Waals surface area contributed by atoms with Gasteiger partial charge in [0.25, 0.3) is 17.7 Å². The van der Waals surface area contributed by atoms with Crippen molar-refractivity contribution in [3.8, 4) is 67.9 Å². The smallest absolute Gasteiger partial charge is 0.293 e. The fourth-order valence-electron chi connectivity index (χ4n) is 8.67. The quantitative estimate of drug-likeness (QED) is 0.0449.